The van der Waals surface area contributed by atoms with Crippen LogP contribution in [0, 0.1) is 0 Å². The van der Waals surface area contributed by atoms with Gasteiger partial charge in [-0.05, 0) is 36.1 Å². The van der Waals surface area contributed by atoms with Crippen LogP contribution in [-0.2, 0) is 22.4 Å². The molecular weight excluding hydrogens is 374 g/mol. The largest absolute Gasteiger partial charge is 0.399 e. The Bertz CT molecular complexity index is 765. The molecule has 0 saturated carbocycles. The maximum Gasteiger partial charge on any atom is 0.227 e. The molecule has 5 nitrogen and oxygen atoms in total. The van der Waals surface area contributed by atoms with Gasteiger partial charge in [0, 0.05) is 38.3 Å². The molecule has 0 radical (unpaired) electrons. The molecule has 1 heterocycles. The van der Waals surface area contributed by atoms with Gasteiger partial charge in [0.15, 0.2) is 0 Å². The number of aryl methyl sites for hydroxylation is 1. The number of carbonyl (C=O) groups excluding carboxylic acids is 2. The van der Waals surface area contributed by atoms with Gasteiger partial charge < -0.3 is 15.5 Å². The van der Waals surface area contributed by atoms with Gasteiger partial charge in [-0.25, -0.2) is 0 Å². The minimum atomic E-state index is 0. The molecule has 6 heteroatoms. The predicted octanol–water partition coefficient (Wildman–Crippen LogP) is 2.93. The van der Waals surface area contributed by atoms with Gasteiger partial charge in [0.05, 0.1) is 6.42 Å². The smallest absolute Gasteiger partial charge is 0.227 e. The van der Waals surface area contributed by atoms with Gasteiger partial charge in [-0.15, -0.1) is 12.4 Å². The number of nitrogens with two attached hydrogens (primary N) is 1. The van der Waals surface area contributed by atoms with E-state index in [1.165, 1.54) is 5.56 Å². The molecule has 2 aromatic carbocycles. The first-order valence-electron chi connectivity index (χ1n) is 9.56. The van der Waals surface area contributed by atoms with Crippen LogP contribution in [0.25, 0.3) is 0 Å². The average molecular weight is 402 g/mol. The van der Waals surface area contributed by atoms with E-state index >= 15 is 0 Å². The lowest BCUT2D eigenvalue weighted by molar-refractivity contribution is -0.133. The summed E-state index contributed by atoms with van der Waals surface area (Å²) in [6.07, 6.45) is 2.48. The first-order chi connectivity index (χ1) is 13.1. The van der Waals surface area contributed by atoms with Gasteiger partial charge in [0.2, 0.25) is 11.8 Å². The summed E-state index contributed by atoms with van der Waals surface area (Å²) in [5, 5.41) is 0. The SMILES string of the molecule is Cl.Nc1ccc(CC(=O)N2CCCN(C(=O)CCc3ccccc3)CC2)cc1. The fraction of sp³-hybridized carbons (Fsp3) is 0.364. The highest BCUT2D eigenvalue weighted by Crippen LogP contribution is 2.11. The van der Waals surface area contributed by atoms with Crippen molar-refractivity contribution in [2.75, 3.05) is 31.9 Å². The molecule has 2 aromatic rings. The highest BCUT2D eigenvalue weighted by atomic mass is 35.5. The van der Waals surface area contributed by atoms with Crippen LogP contribution in [0.15, 0.2) is 54.6 Å². The van der Waals surface area contributed by atoms with E-state index in [1.807, 2.05) is 64.4 Å². The van der Waals surface area contributed by atoms with Gasteiger partial charge in [0.1, 0.15) is 0 Å². The van der Waals surface area contributed by atoms with Crippen LogP contribution in [0.1, 0.15) is 24.0 Å². The molecule has 0 aromatic heterocycles. The number of nitrogens with zero attached hydrogens (tertiary/aromatic N) is 2. The Morgan fingerprint density at radius 3 is 2.04 bits per heavy atom. The number of carbonyl (C=O) groups is 2. The number of hydrogen-bond donors (Lipinski definition) is 1. The second-order valence-electron chi connectivity index (χ2n) is 7.02. The van der Waals surface area contributed by atoms with E-state index in [9.17, 15) is 9.59 Å². The first kappa shape index (κ1) is 21.8. The van der Waals surface area contributed by atoms with E-state index in [0.29, 0.717) is 38.2 Å². The van der Waals surface area contributed by atoms with E-state index < -0.39 is 0 Å². The van der Waals surface area contributed by atoms with Crippen molar-refractivity contribution >= 4 is 29.9 Å². The Labute approximate surface area is 172 Å². The Hall–Kier alpha value is -2.53. The molecule has 3 rings (SSSR count). The standard InChI is InChI=1S/C22H27N3O2.ClH/c23-20-10-7-19(8-11-20)17-22(27)25-14-4-13-24(15-16-25)21(26)12-9-18-5-2-1-3-6-18;/h1-3,5-8,10-11H,4,9,12-17,23H2;1H. The number of amides is 2. The lowest BCUT2D eigenvalue weighted by Crippen LogP contribution is -2.38. The van der Waals surface area contributed by atoms with Gasteiger partial charge in [0.25, 0.3) is 0 Å². The van der Waals surface area contributed by atoms with Crippen LogP contribution in [-0.4, -0.2) is 47.8 Å². The number of nitrogen functional groups attached to an aromatic ring is 1. The molecule has 150 valence electrons. The second kappa shape index (κ2) is 10.7. The van der Waals surface area contributed by atoms with E-state index in [4.69, 9.17) is 5.73 Å². The Morgan fingerprint density at radius 1 is 0.786 bits per heavy atom. The number of hydrogen-bond acceptors (Lipinski definition) is 3. The number of rotatable bonds is 5. The number of halogens is 1. The molecule has 0 atom stereocenters. The summed E-state index contributed by atoms with van der Waals surface area (Å²) in [7, 11) is 0. The molecule has 0 unspecified atom stereocenters. The van der Waals surface area contributed by atoms with Crippen molar-refractivity contribution in [3.63, 3.8) is 0 Å². The van der Waals surface area contributed by atoms with Crippen molar-refractivity contribution in [1.29, 1.82) is 0 Å². The minimum absolute atomic E-state index is 0. The topological polar surface area (TPSA) is 66.6 Å². The zero-order chi connectivity index (χ0) is 19.1. The van der Waals surface area contributed by atoms with Crippen LogP contribution >= 0.6 is 12.4 Å². The fourth-order valence-electron chi connectivity index (χ4n) is 3.39. The van der Waals surface area contributed by atoms with E-state index in [2.05, 4.69) is 0 Å². The zero-order valence-corrected chi connectivity index (χ0v) is 16.9. The third kappa shape index (κ3) is 6.27. The summed E-state index contributed by atoms with van der Waals surface area (Å²) in [4.78, 5) is 28.9. The molecule has 0 aliphatic carbocycles. The second-order valence-corrected chi connectivity index (χ2v) is 7.02. The lowest BCUT2D eigenvalue weighted by Gasteiger charge is -2.22. The molecule has 28 heavy (non-hydrogen) atoms. The third-order valence-electron chi connectivity index (χ3n) is 5.01. The van der Waals surface area contributed by atoms with Crippen molar-refractivity contribution in [2.24, 2.45) is 0 Å². The van der Waals surface area contributed by atoms with Crippen molar-refractivity contribution in [3.8, 4) is 0 Å². The van der Waals surface area contributed by atoms with Gasteiger partial charge in [-0.1, -0.05) is 42.5 Å². The molecule has 1 aliphatic rings. The third-order valence-corrected chi connectivity index (χ3v) is 5.01. The van der Waals surface area contributed by atoms with Crippen LogP contribution < -0.4 is 5.73 Å². The van der Waals surface area contributed by atoms with Crippen molar-refractivity contribution in [3.05, 3.63) is 65.7 Å². The fourth-order valence-corrected chi connectivity index (χ4v) is 3.39. The molecule has 1 fully saturated rings. The number of anilines is 1. The summed E-state index contributed by atoms with van der Waals surface area (Å²) < 4.78 is 0. The van der Waals surface area contributed by atoms with Crippen molar-refractivity contribution in [1.82, 2.24) is 9.80 Å². The molecule has 1 aliphatic heterocycles. The Morgan fingerprint density at radius 2 is 1.39 bits per heavy atom. The summed E-state index contributed by atoms with van der Waals surface area (Å²) in [5.41, 5.74) is 8.54. The molecular formula is C22H28ClN3O2. The van der Waals surface area contributed by atoms with Crippen LogP contribution in [0.2, 0.25) is 0 Å². The maximum absolute atomic E-state index is 12.6. The minimum Gasteiger partial charge on any atom is -0.399 e. The Balaban J connectivity index is 0.00000280. The highest BCUT2D eigenvalue weighted by molar-refractivity contribution is 5.85. The Kier molecular flexibility index (Phi) is 8.33. The van der Waals surface area contributed by atoms with E-state index in [1.54, 1.807) is 0 Å². The summed E-state index contributed by atoms with van der Waals surface area (Å²) in [6.45, 7) is 2.64. The van der Waals surface area contributed by atoms with Gasteiger partial charge >= 0.3 is 0 Å². The molecule has 2 N–H and O–H groups in total. The number of benzene rings is 2. The van der Waals surface area contributed by atoms with Crippen LogP contribution in [0.3, 0.4) is 0 Å². The monoisotopic (exact) mass is 401 g/mol. The predicted molar refractivity (Wildman–Crippen MR) is 114 cm³/mol. The molecule has 1 saturated heterocycles. The van der Waals surface area contributed by atoms with Crippen molar-refractivity contribution in [2.45, 2.75) is 25.7 Å². The summed E-state index contributed by atoms with van der Waals surface area (Å²) in [5.74, 6) is 0.282. The summed E-state index contributed by atoms with van der Waals surface area (Å²) >= 11 is 0. The van der Waals surface area contributed by atoms with E-state index in [-0.39, 0.29) is 24.2 Å². The average Bonchev–Trinajstić information content (AvgIpc) is 2.95. The molecule has 2 amide bonds. The molecule has 0 spiro atoms. The normalized spacial score (nSPS) is 14.1. The first-order valence-corrected chi connectivity index (χ1v) is 9.56. The lowest BCUT2D eigenvalue weighted by atomic mass is 10.1. The molecule has 0 bridgehead atoms. The highest BCUT2D eigenvalue weighted by Gasteiger charge is 2.21. The van der Waals surface area contributed by atoms with Crippen molar-refractivity contribution < 1.29 is 9.59 Å². The van der Waals surface area contributed by atoms with Gasteiger partial charge in [-0.3, -0.25) is 9.59 Å². The quantitative estimate of drug-likeness (QED) is 0.783. The van der Waals surface area contributed by atoms with Crippen LogP contribution in [0.5, 0.6) is 0 Å². The van der Waals surface area contributed by atoms with E-state index in [0.717, 1.165) is 24.9 Å². The van der Waals surface area contributed by atoms with Gasteiger partial charge in [-0.2, -0.15) is 0 Å². The summed E-state index contributed by atoms with van der Waals surface area (Å²) in [6, 6.07) is 17.5. The van der Waals surface area contributed by atoms with Crippen LogP contribution in [0.4, 0.5) is 5.69 Å². The zero-order valence-electron chi connectivity index (χ0n) is 16.0. The maximum atomic E-state index is 12.6.